The lowest BCUT2D eigenvalue weighted by atomic mass is 10.1. The van der Waals surface area contributed by atoms with E-state index in [0.29, 0.717) is 6.42 Å². The molecule has 3 rings (SSSR count). The predicted molar refractivity (Wildman–Crippen MR) is 86.4 cm³/mol. The molecule has 0 atom stereocenters. The summed E-state index contributed by atoms with van der Waals surface area (Å²) in [5, 5.41) is 4.39. The minimum atomic E-state index is 0. The quantitative estimate of drug-likeness (QED) is 0.865. The van der Waals surface area contributed by atoms with Crippen LogP contribution in [0.25, 0.3) is 10.9 Å². The summed E-state index contributed by atoms with van der Waals surface area (Å²) in [6, 6.07) is 6.10. The SMILES string of the molecule is Cl.O=C(Cc1c[nH]c2cc(Br)ccc12)N1CCNCC1. The van der Waals surface area contributed by atoms with E-state index in [9.17, 15) is 4.79 Å². The summed E-state index contributed by atoms with van der Waals surface area (Å²) in [5.41, 5.74) is 2.14. The van der Waals surface area contributed by atoms with Gasteiger partial charge in [0.05, 0.1) is 6.42 Å². The molecule has 0 unspecified atom stereocenters. The van der Waals surface area contributed by atoms with Gasteiger partial charge in [0.1, 0.15) is 0 Å². The Kier molecular flexibility index (Phi) is 5.07. The maximum absolute atomic E-state index is 12.3. The highest BCUT2D eigenvalue weighted by Gasteiger charge is 2.17. The van der Waals surface area contributed by atoms with Crippen molar-refractivity contribution in [3.05, 3.63) is 34.4 Å². The third-order valence-corrected chi connectivity index (χ3v) is 4.03. The number of rotatable bonds is 2. The lowest BCUT2D eigenvalue weighted by Crippen LogP contribution is -2.46. The third kappa shape index (κ3) is 3.16. The zero-order valence-electron chi connectivity index (χ0n) is 11.0. The number of amides is 1. The van der Waals surface area contributed by atoms with Crippen LogP contribution in [0.2, 0.25) is 0 Å². The average molecular weight is 359 g/mol. The van der Waals surface area contributed by atoms with Gasteiger partial charge in [-0.1, -0.05) is 22.0 Å². The summed E-state index contributed by atoms with van der Waals surface area (Å²) >= 11 is 3.45. The van der Waals surface area contributed by atoms with Gasteiger partial charge in [-0.15, -0.1) is 12.4 Å². The van der Waals surface area contributed by atoms with Gasteiger partial charge in [-0.3, -0.25) is 4.79 Å². The van der Waals surface area contributed by atoms with Gasteiger partial charge < -0.3 is 15.2 Å². The fourth-order valence-corrected chi connectivity index (χ4v) is 2.85. The lowest BCUT2D eigenvalue weighted by Gasteiger charge is -2.27. The molecule has 1 fully saturated rings. The summed E-state index contributed by atoms with van der Waals surface area (Å²) in [5.74, 6) is 0.213. The fraction of sp³-hybridized carbons (Fsp3) is 0.357. The number of fused-ring (bicyclic) bond motifs is 1. The maximum atomic E-state index is 12.3. The Bertz CT molecular complexity index is 607. The van der Waals surface area contributed by atoms with E-state index >= 15 is 0 Å². The summed E-state index contributed by atoms with van der Waals surface area (Å²) in [7, 11) is 0. The van der Waals surface area contributed by atoms with Crippen LogP contribution >= 0.6 is 28.3 Å². The van der Waals surface area contributed by atoms with Gasteiger partial charge in [-0.2, -0.15) is 0 Å². The van der Waals surface area contributed by atoms with Crippen molar-refractivity contribution < 1.29 is 4.79 Å². The molecular weight excluding hydrogens is 342 g/mol. The second kappa shape index (κ2) is 6.61. The molecule has 2 N–H and O–H groups in total. The molecule has 2 heterocycles. The molecule has 0 bridgehead atoms. The number of H-pyrrole nitrogens is 1. The maximum Gasteiger partial charge on any atom is 0.227 e. The van der Waals surface area contributed by atoms with Gasteiger partial charge in [0.2, 0.25) is 5.91 Å². The first-order valence-corrected chi connectivity index (χ1v) is 7.27. The average Bonchev–Trinajstić information content (AvgIpc) is 2.82. The number of benzene rings is 1. The van der Waals surface area contributed by atoms with Crippen LogP contribution in [0.5, 0.6) is 0 Å². The van der Waals surface area contributed by atoms with E-state index in [1.165, 1.54) is 0 Å². The molecule has 1 aromatic carbocycles. The van der Waals surface area contributed by atoms with Crippen LogP contribution in [-0.4, -0.2) is 42.0 Å². The standard InChI is InChI=1S/C14H16BrN3O.ClH/c15-11-1-2-12-10(9-17-13(12)8-11)7-14(19)18-5-3-16-4-6-18;/h1-2,8-9,16-17H,3-7H2;1H. The summed E-state index contributed by atoms with van der Waals surface area (Å²) in [4.78, 5) is 17.4. The molecule has 20 heavy (non-hydrogen) atoms. The molecule has 4 nitrogen and oxygen atoms in total. The van der Waals surface area contributed by atoms with Crippen molar-refractivity contribution in [2.45, 2.75) is 6.42 Å². The van der Waals surface area contributed by atoms with Crippen molar-refractivity contribution in [1.29, 1.82) is 0 Å². The van der Waals surface area contributed by atoms with E-state index in [1.54, 1.807) is 0 Å². The molecule has 0 spiro atoms. The number of carbonyl (C=O) groups is 1. The zero-order valence-corrected chi connectivity index (χ0v) is 13.4. The summed E-state index contributed by atoms with van der Waals surface area (Å²) in [6.07, 6.45) is 2.42. The largest absolute Gasteiger partial charge is 0.361 e. The Morgan fingerprint density at radius 1 is 1.30 bits per heavy atom. The van der Waals surface area contributed by atoms with E-state index in [-0.39, 0.29) is 18.3 Å². The van der Waals surface area contributed by atoms with Crippen molar-refractivity contribution in [2.75, 3.05) is 26.2 Å². The Morgan fingerprint density at radius 3 is 2.80 bits per heavy atom. The molecule has 1 amide bonds. The highest BCUT2D eigenvalue weighted by Crippen LogP contribution is 2.23. The molecule has 1 aromatic heterocycles. The molecule has 1 aliphatic heterocycles. The zero-order chi connectivity index (χ0) is 13.2. The lowest BCUT2D eigenvalue weighted by molar-refractivity contribution is -0.131. The van der Waals surface area contributed by atoms with Crippen LogP contribution in [0.4, 0.5) is 0 Å². The van der Waals surface area contributed by atoms with Gasteiger partial charge in [0.25, 0.3) is 0 Å². The van der Waals surface area contributed by atoms with Crippen LogP contribution in [0.3, 0.4) is 0 Å². The first kappa shape index (κ1) is 15.4. The first-order chi connectivity index (χ1) is 9.24. The molecular formula is C14H17BrClN3O. The topological polar surface area (TPSA) is 48.1 Å². The number of hydrogen-bond acceptors (Lipinski definition) is 2. The molecule has 1 saturated heterocycles. The van der Waals surface area contributed by atoms with E-state index in [4.69, 9.17) is 0 Å². The molecule has 0 saturated carbocycles. The van der Waals surface area contributed by atoms with Crippen molar-refractivity contribution in [2.24, 2.45) is 0 Å². The molecule has 0 aliphatic carbocycles. The van der Waals surface area contributed by atoms with Crippen LogP contribution in [-0.2, 0) is 11.2 Å². The van der Waals surface area contributed by atoms with E-state index in [0.717, 1.165) is 47.1 Å². The normalized spacial score (nSPS) is 15.2. The molecule has 108 valence electrons. The minimum Gasteiger partial charge on any atom is -0.361 e. The van der Waals surface area contributed by atoms with Gasteiger partial charge in [0.15, 0.2) is 0 Å². The van der Waals surface area contributed by atoms with Crippen LogP contribution in [0, 0.1) is 0 Å². The Balaban J connectivity index is 0.00000147. The molecule has 0 radical (unpaired) electrons. The van der Waals surface area contributed by atoms with E-state index in [2.05, 4.69) is 32.3 Å². The van der Waals surface area contributed by atoms with Crippen molar-refractivity contribution in [1.82, 2.24) is 15.2 Å². The number of hydrogen-bond donors (Lipinski definition) is 2. The van der Waals surface area contributed by atoms with E-state index < -0.39 is 0 Å². The minimum absolute atomic E-state index is 0. The van der Waals surface area contributed by atoms with Crippen LogP contribution in [0.15, 0.2) is 28.9 Å². The number of piperazine rings is 1. The molecule has 6 heteroatoms. The highest BCUT2D eigenvalue weighted by atomic mass is 79.9. The van der Waals surface area contributed by atoms with Crippen molar-refractivity contribution in [3.8, 4) is 0 Å². The van der Waals surface area contributed by atoms with E-state index in [1.807, 2.05) is 23.2 Å². The monoisotopic (exact) mass is 357 g/mol. The predicted octanol–water partition coefficient (Wildman–Crippen LogP) is 2.33. The second-order valence-corrected chi connectivity index (χ2v) is 5.73. The van der Waals surface area contributed by atoms with Gasteiger partial charge in [-0.25, -0.2) is 0 Å². The van der Waals surface area contributed by atoms with Crippen molar-refractivity contribution >= 4 is 45.1 Å². The number of nitrogens with one attached hydrogen (secondary N) is 2. The smallest absolute Gasteiger partial charge is 0.227 e. The van der Waals surface area contributed by atoms with Gasteiger partial charge >= 0.3 is 0 Å². The number of halogens is 2. The first-order valence-electron chi connectivity index (χ1n) is 6.48. The molecule has 1 aliphatic rings. The number of nitrogens with zero attached hydrogens (tertiary/aromatic N) is 1. The van der Waals surface area contributed by atoms with Crippen LogP contribution < -0.4 is 5.32 Å². The van der Waals surface area contributed by atoms with Gasteiger partial charge in [0, 0.05) is 47.8 Å². The number of aromatic amines is 1. The summed E-state index contributed by atoms with van der Waals surface area (Å²) in [6.45, 7) is 3.42. The van der Waals surface area contributed by atoms with Gasteiger partial charge in [-0.05, 0) is 17.7 Å². The number of aromatic nitrogens is 1. The third-order valence-electron chi connectivity index (χ3n) is 3.54. The van der Waals surface area contributed by atoms with Crippen LogP contribution in [0.1, 0.15) is 5.56 Å². The Labute approximate surface area is 132 Å². The Morgan fingerprint density at radius 2 is 2.05 bits per heavy atom. The Hall–Kier alpha value is -1.04. The van der Waals surface area contributed by atoms with Crippen molar-refractivity contribution in [3.63, 3.8) is 0 Å². The fourth-order valence-electron chi connectivity index (χ4n) is 2.49. The second-order valence-electron chi connectivity index (χ2n) is 4.81. The summed E-state index contributed by atoms with van der Waals surface area (Å²) < 4.78 is 1.04. The molecule has 2 aromatic rings. The number of carbonyl (C=O) groups excluding carboxylic acids is 1. The highest BCUT2D eigenvalue weighted by molar-refractivity contribution is 9.10.